The van der Waals surface area contributed by atoms with Gasteiger partial charge in [-0.1, -0.05) is 26.7 Å². The van der Waals surface area contributed by atoms with Crippen LogP contribution in [0.15, 0.2) is 0 Å². The van der Waals surface area contributed by atoms with Crippen molar-refractivity contribution in [3.05, 3.63) is 0 Å². The molecule has 1 fully saturated rings. The minimum absolute atomic E-state index is 0.0226. The van der Waals surface area contributed by atoms with Crippen LogP contribution in [0.1, 0.15) is 39.5 Å². The fraction of sp³-hybridized carbons (Fsp3) is 0.909. The number of hydrogen-bond acceptors (Lipinski definition) is 1. The van der Waals surface area contributed by atoms with E-state index in [1.54, 1.807) is 0 Å². The molecule has 0 heterocycles. The van der Waals surface area contributed by atoms with Gasteiger partial charge in [-0.15, -0.1) is 0 Å². The molecule has 15 heavy (non-hydrogen) atoms. The minimum Gasteiger partial charge on any atom is -0.299 e. The number of rotatable bonds is 5. The fourth-order valence-corrected chi connectivity index (χ4v) is 1.68. The fourth-order valence-electron chi connectivity index (χ4n) is 1.68. The van der Waals surface area contributed by atoms with Crippen LogP contribution in [0, 0.1) is 17.8 Å². The number of alkyl halides is 3. The highest BCUT2D eigenvalue weighted by atomic mass is 19.4. The lowest BCUT2D eigenvalue weighted by Gasteiger charge is -2.20. The Labute approximate surface area is 88.0 Å². The van der Waals surface area contributed by atoms with E-state index in [0.29, 0.717) is 12.3 Å². The van der Waals surface area contributed by atoms with Crippen LogP contribution in [0.25, 0.3) is 0 Å². The Morgan fingerprint density at radius 1 is 1.33 bits per heavy atom. The summed E-state index contributed by atoms with van der Waals surface area (Å²) in [7, 11) is 0. The number of hydrogen-bond donors (Lipinski definition) is 0. The summed E-state index contributed by atoms with van der Waals surface area (Å²) < 4.78 is 37.7. The molecule has 88 valence electrons. The van der Waals surface area contributed by atoms with Crippen molar-refractivity contribution in [1.29, 1.82) is 0 Å². The molecular formula is C11H17F3O. The molecule has 0 saturated heterocycles. The highest BCUT2D eigenvalue weighted by molar-refractivity contribution is 5.83. The summed E-state index contributed by atoms with van der Waals surface area (Å²) in [5, 5.41) is 0. The standard InChI is InChI=1S/C11H17F3O/c1-7(2)10(15)9(11(12,13)14)6-5-8-3-4-8/h7-9H,3-6H2,1-2H3. The van der Waals surface area contributed by atoms with E-state index >= 15 is 0 Å². The van der Waals surface area contributed by atoms with E-state index in [2.05, 4.69) is 0 Å². The van der Waals surface area contributed by atoms with Gasteiger partial charge in [-0.25, -0.2) is 0 Å². The van der Waals surface area contributed by atoms with Gasteiger partial charge in [0.05, 0.1) is 0 Å². The molecule has 0 amide bonds. The van der Waals surface area contributed by atoms with Crippen LogP contribution in [-0.4, -0.2) is 12.0 Å². The van der Waals surface area contributed by atoms with Crippen molar-refractivity contribution in [2.45, 2.75) is 45.7 Å². The highest BCUT2D eigenvalue weighted by Gasteiger charge is 2.45. The van der Waals surface area contributed by atoms with Crippen LogP contribution >= 0.6 is 0 Å². The Morgan fingerprint density at radius 2 is 1.87 bits per heavy atom. The molecule has 0 aromatic heterocycles. The summed E-state index contributed by atoms with van der Waals surface area (Å²) >= 11 is 0. The lowest BCUT2D eigenvalue weighted by molar-refractivity contribution is -0.184. The Hall–Kier alpha value is -0.540. The van der Waals surface area contributed by atoms with Crippen molar-refractivity contribution in [2.24, 2.45) is 17.8 Å². The maximum absolute atomic E-state index is 12.6. The van der Waals surface area contributed by atoms with E-state index in [4.69, 9.17) is 0 Å². The third-order valence-electron chi connectivity index (χ3n) is 2.87. The number of halogens is 3. The number of Topliss-reactive ketones (excluding diaryl/α,β-unsaturated/α-hetero) is 1. The molecule has 0 spiro atoms. The highest BCUT2D eigenvalue weighted by Crippen LogP contribution is 2.39. The molecule has 0 radical (unpaired) electrons. The van der Waals surface area contributed by atoms with E-state index in [0.717, 1.165) is 12.8 Å². The zero-order valence-electron chi connectivity index (χ0n) is 9.10. The van der Waals surface area contributed by atoms with Crippen LogP contribution in [0.5, 0.6) is 0 Å². The monoisotopic (exact) mass is 222 g/mol. The Bertz CT molecular complexity index is 228. The molecule has 1 aliphatic rings. The SMILES string of the molecule is CC(C)C(=O)C(CCC1CC1)C(F)(F)F. The van der Waals surface area contributed by atoms with Gasteiger partial charge in [-0.05, 0) is 18.8 Å². The molecule has 0 bridgehead atoms. The normalized spacial score (nSPS) is 19.3. The average molecular weight is 222 g/mol. The molecule has 0 N–H and O–H groups in total. The predicted molar refractivity (Wildman–Crippen MR) is 51.3 cm³/mol. The van der Waals surface area contributed by atoms with Gasteiger partial charge in [0.2, 0.25) is 0 Å². The lowest BCUT2D eigenvalue weighted by Crippen LogP contribution is -2.33. The largest absolute Gasteiger partial charge is 0.398 e. The molecule has 1 aliphatic carbocycles. The van der Waals surface area contributed by atoms with Crippen LogP contribution in [0.4, 0.5) is 13.2 Å². The second-order valence-corrected chi connectivity index (χ2v) is 4.67. The van der Waals surface area contributed by atoms with Gasteiger partial charge in [0.1, 0.15) is 11.7 Å². The molecule has 1 saturated carbocycles. The van der Waals surface area contributed by atoms with Crippen LogP contribution in [0.3, 0.4) is 0 Å². The summed E-state index contributed by atoms with van der Waals surface area (Å²) in [4.78, 5) is 11.4. The summed E-state index contributed by atoms with van der Waals surface area (Å²) in [5.74, 6) is -2.49. The topological polar surface area (TPSA) is 17.1 Å². The van der Waals surface area contributed by atoms with E-state index in [1.165, 1.54) is 13.8 Å². The summed E-state index contributed by atoms with van der Waals surface area (Å²) in [5.41, 5.74) is 0. The first-order valence-electron chi connectivity index (χ1n) is 5.42. The number of carbonyl (C=O) groups excluding carboxylic acids is 1. The molecule has 0 aromatic carbocycles. The number of carbonyl (C=O) groups is 1. The van der Waals surface area contributed by atoms with Gasteiger partial charge >= 0.3 is 6.18 Å². The second-order valence-electron chi connectivity index (χ2n) is 4.67. The van der Waals surface area contributed by atoms with Crippen molar-refractivity contribution in [3.8, 4) is 0 Å². The van der Waals surface area contributed by atoms with Gasteiger partial charge in [0.15, 0.2) is 0 Å². The maximum Gasteiger partial charge on any atom is 0.398 e. The summed E-state index contributed by atoms with van der Waals surface area (Å²) in [6, 6.07) is 0. The van der Waals surface area contributed by atoms with Crippen LogP contribution < -0.4 is 0 Å². The van der Waals surface area contributed by atoms with E-state index in [-0.39, 0.29) is 6.42 Å². The van der Waals surface area contributed by atoms with Crippen molar-refractivity contribution in [1.82, 2.24) is 0 Å². The van der Waals surface area contributed by atoms with Gasteiger partial charge in [0.25, 0.3) is 0 Å². The van der Waals surface area contributed by atoms with Gasteiger partial charge in [-0.3, -0.25) is 4.79 Å². The molecule has 1 nitrogen and oxygen atoms in total. The Morgan fingerprint density at radius 3 is 2.20 bits per heavy atom. The first-order chi connectivity index (χ1) is 6.82. The summed E-state index contributed by atoms with van der Waals surface area (Å²) in [6.45, 7) is 3.05. The Balaban J connectivity index is 2.55. The molecule has 4 heteroatoms. The van der Waals surface area contributed by atoms with Gasteiger partial charge in [0, 0.05) is 5.92 Å². The number of ketones is 1. The predicted octanol–water partition coefficient (Wildman–Crippen LogP) is 3.58. The van der Waals surface area contributed by atoms with Crippen molar-refractivity contribution in [3.63, 3.8) is 0 Å². The zero-order chi connectivity index (χ0) is 11.6. The van der Waals surface area contributed by atoms with Gasteiger partial charge < -0.3 is 0 Å². The third-order valence-corrected chi connectivity index (χ3v) is 2.87. The van der Waals surface area contributed by atoms with Crippen molar-refractivity contribution in [2.75, 3.05) is 0 Å². The second kappa shape index (κ2) is 4.54. The zero-order valence-corrected chi connectivity index (χ0v) is 9.10. The molecule has 1 atom stereocenters. The molecule has 1 unspecified atom stereocenters. The third kappa shape index (κ3) is 3.84. The smallest absolute Gasteiger partial charge is 0.299 e. The minimum atomic E-state index is -4.36. The van der Waals surface area contributed by atoms with E-state index in [9.17, 15) is 18.0 Å². The lowest BCUT2D eigenvalue weighted by atomic mass is 9.90. The molecule has 1 rings (SSSR count). The molecule has 0 aliphatic heterocycles. The summed E-state index contributed by atoms with van der Waals surface area (Å²) in [6.07, 6.45) is -1.79. The van der Waals surface area contributed by atoms with Gasteiger partial charge in [-0.2, -0.15) is 13.2 Å². The first kappa shape index (κ1) is 12.5. The quantitative estimate of drug-likeness (QED) is 0.694. The van der Waals surface area contributed by atoms with Crippen LogP contribution in [0.2, 0.25) is 0 Å². The molecule has 0 aromatic rings. The first-order valence-corrected chi connectivity index (χ1v) is 5.42. The maximum atomic E-state index is 12.6. The van der Waals surface area contributed by atoms with Crippen LogP contribution in [-0.2, 0) is 4.79 Å². The van der Waals surface area contributed by atoms with Crippen molar-refractivity contribution < 1.29 is 18.0 Å². The average Bonchev–Trinajstić information content (AvgIpc) is 2.85. The van der Waals surface area contributed by atoms with Crippen molar-refractivity contribution >= 4 is 5.78 Å². The van der Waals surface area contributed by atoms with E-state index in [1.807, 2.05) is 0 Å². The Kier molecular flexibility index (Phi) is 3.79. The molecular weight excluding hydrogens is 205 g/mol. The van der Waals surface area contributed by atoms with E-state index < -0.39 is 23.8 Å².